The van der Waals surface area contributed by atoms with Gasteiger partial charge in [-0.15, -0.1) is 0 Å². The van der Waals surface area contributed by atoms with Crippen LogP contribution in [0.4, 0.5) is 0 Å². The van der Waals surface area contributed by atoms with Crippen LogP contribution < -0.4 is 10.6 Å². The van der Waals surface area contributed by atoms with E-state index in [2.05, 4.69) is 24.3 Å². The maximum absolute atomic E-state index is 12.9. The molecule has 0 saturated carbocycles. The Balaban J connectivity index is 1.56. The van der Waals surface area contributed by atoms with Gasteiger partial charge in [-0.25, -0.2) is 0 Å². The largest absolute Gasteiger partial charge is 0.317 e. The molecule has 0 unspecified atom stereocenters. The Morgan fingerprint density at radius 2 is 0.692 bits per heavy atom. The van der Waals surface area contributed by atoms with E-state index in [-0.39, 0.29) is 0 Å². The Labute approximate surface area is 154 Å². The molecule has 0 saturated heterocycles. The molecule has 0 fully saturated rings. The highest BCUT2D eigenvalue weighted by Crippen LogP contribution is 2.25. The van der Waals surface area contributed by atoms with Gasteiger partial charge in [0.25, 0.3) is 0 Å². The van der Waals surface area contributed by atoms with Crippen LogP contribution in [0.15, 0.2) is 109 Å². The number of rotatable bonds is 4. The maximum Gasteiger partial charge on any atom is 0.131 e. The summed E-state index contributed by atoms with van der Waals surface area (Å²) in [4.78, 5) is 0. The zero-order chi connectivity index (χ0) is 17.8. The third-order valence-electron chi connectivity index (χ3n) is 4.51. The maximum atomic E-state index is 12.9. The van der Waals surface area contributed by atoms with Crippen LogP contribution in [0.2, 0.25) is 0 Å². The fourth-order valence-electron chi connectivity index (χ4n) is 3.06. The summed E-state index contributed by atoms with van der Waals surface area (Å²) in [5.74, 6) is 0. The molecule has 0 atom stereocenters. The van der Waals surface area contributed by atoms with Crippen LogP contribution in [0.3, 0.4) is 0 Å². The van der Waals surface area contributed by atoms with Crippen molar-refractivity contribution in [3.63, 3.8) is 0 Å². The van der Waals surface area contributed by atoms with E-state index in [9.17, 15) is 4.57 Å². The molecule has 1 nitrogen and oxygen atoms in total. The van der Waals surface area contributed by atoms with Gasteiger partial charge in [-0.05, 0) is 22.3 Å². The number of hydrogen-bond donors (Lipinski definition) is 0. The fraction of sp³-hybridized carbons (Fsp3) is 0. The lowest BCUT2D eigenvalue weighted by Crippen LogP contribution is -2.06. The van der Waals surface area contributed by atoms with E-state index in [1.807, 2.05) is 84.9 Å². The second-order valence-electron chi connectivity index (χ2n) is 6.22. The summed E-state index contributed by atoms with van der Waals surface area (Å²) in [6.07, 6.45) is 0. The first-order valence-corrected chi connectivity index (χ1v) is 10.1. The standard InChI is InChI=1S/C24H19OP/c25-26(23-15-11-21(12-16-23)19-7-3-1-4-8-19)24-17-13-22(14-18-24)20-9-5-2-6-10-20/h1-18,26H. The molecule has 0 spiro atoms. The van der Waals surface area contributed by atoms with Crippen LogP contribution in [-0.2, 0) is 4.57 Å². The molecule has 0 bridgehead atoms. The van der Waals surface area contributed by atoms with E-state index in [1.165, 1.54) is 11.1 Å². The van der Waals surface area contributed by atoms with Gasteiger partial charge in [-0.2, -0.15) is 0 Å². The molecule has 0 radical (unpaired) electrons. The van der Waals surface area contributed by atoms with Gasteiger partial charge in [0.1, 0.15) is 7.80 Å². The molecule has 2 heteroatoms. The highest BCUT2D eigenvalue weighted by molar-refractivity contribution is 7.61. The fourth-order valence-corrected chi connectivity index (χ4v) is 4.33. The lowest BCUT2D eigenvalue weighted by molar-refractivity contribution is 0.598. The van der Waals surface area contributed by atoms with Crippen LogP contribution in [-0.4, -0.2) is 0 Å². The Bertz CT molecular complexity index is 920. The molecule has 0 aliphatic carbocycles. The molecule has 0 aromatic heterocycles. The van der Waals surface area contributed by atoms with Crippen LogP contribution in [0, 0.1) is 0 Å². The van der Waals surface area contributed by atoms with E-state index in [0.29, 0.717) is 0 Å². The van der Waals surface area contributed by atoms with Gasteiger partial charge < -0.3 is 4.57 Å². The van der Waals surface area contributed by atoms with Gasteiger partial charge in [-0.1, -0.05) is 109 Å². The predicted octanol–water partition coefficient (Wildman–Crippen LogP) is 5.53. The van der Waals surface area contributed by atoms with Crippen LogP contribution in [0.5, 0.6) is 0 Å². The first-order valence-electron chi connectivity index (χ1n) is 8.67. The van der Waals surface area contributed by atoms with E-state index in [0.717, 1.165) is 21.7 Å². The highest BCUT2D eigenvalue weighted by Gasteiger charge is 2.08. The molecule has 4 rings (SSSR count). The van der Waals surface area contributed by atoms with Crippen molar-refractivity contribution in [2.45, 2.75) is 0 Å². The average molecular weight is 354 g/mol. The highest BCUT2D eigenvalue weighted by atomic mass is 31.1. The topological polar surface area (TPSA) is 17.1 Å². The summed E-state index contributed by atoms with van der Waals surface area (Å²) < 4.78 is 12.9. The lowest BCUT2D eigenvalue weighted by atomic mass is 10.1. The number of hydrogen-bond acceptors (Lipinski definition) is 1. The van der Waals surface area contributed by atoms with E-state index in [1.54, 1.807) is 0 Å². The van der Waals surface area contributed by atoms with Crippen molar-refractivity contribution in [1.29, 1.82) is 0 Å². The third kappa shape index (κ3) is 3.54. The molecule has 26 heavy (non-hydrogen) atoms. The average Bonchev–Trinajstić information content (AvgIpc) is 2.75. The van der Waals surface area contributed by atoms with Crippen molar-refractivity contribution >= 4 is 18.4 Å². The minimum Gasteiger partial charge on any atom is -0.317 e. The summed E-state index contributed by atoms with van der Waals surface area (Å²) >= 11 is 0. The molecular weight excluding hydrogens is 335 g/mol. The smallest absolute Gasteiger partial charge is 0.131 e. The first-order chi connectivity index (χ1) is 12.8. The Morgan fingerprint density at radius 3 is 1.04 bits per heavy atom. The van der Waals surface area contributed by atoms with Gasteiger partial charge in [0.05, 0.1) is 0 Å². The molecule has 0 amide bonds. The molecule has 0 aliphatic rings. The van der Waals surface area contributed by atoms with E-state index < -0.39 is 7.80 Å². The van der Waals surface area contributed by atoms with Crippen LogP contribution in [0.25, 0.3) is 22.3 Å². The quantitative estimate of drug-likeness (QED) is 0.440. The monoisotopic (exact) mass is 354 g/mol. The van der Waals surface area contributed by atoms with Crippen molar-refractivity contribution in [2.24, 2.45) is 0 Å². The molecule has 0 N–H and O–H groups in total. The van der Waals surface area contributed by atoms with Crippen LogP contribution >= 0.6 is 7.80 Å². The van der Waals surface area contributed by atoms with E-state index in [4.69, 9.17) is 0 Å². The van der Waals surface area contributed by atoms with Gasteiger partial charge >= 0.3 is 0 Å². The summed E-state index contributed by atoms with van der Waals surface area (Å²) in [6, 6.07) is 36.6. The lowest BCUT2D eigenvalue weighted by Gasteiger charge is -2.07. The summed E-state index contributed by atoms with van der Waals surface area (Å²) in [7, 11) is -1.99. The number of benzene rings is 4. The first kappa shape index (κ1) is 16.6. The normalized spacial score (nSPS) is 10.8. The molecular formula is C24H19OP. The van der Waals surface area contributed by atoms with Crippen molar-refractivity contribution in [3.8, 4) is 22.3 Å². The summed E-state index contributed by atoms with van der Waals surface area (Å²) in [5.41, 5.74) is 4.63. The molecule has 4 aromatic rings. The zero-order valence-electron chi connectivity index (χ0n) is 14.3. The van der Waals surface area contributed by atoms with Crippen molar-refractivity contribution in [2.75, 3.05) is 0 Å². The molecule has 4 aromatic carbocycles. The second kappa shape index (κ2) is 7.56. The molecule has 0 aliphatic heterocycles. The van der Waals surface area contributed by atoms with Gasteiger partial charge in [-0.3, -0.25) is 0 Å². The Morgan fingerprint density at radius 1 is 0.385 bits per heavy atom. The van der Waals surface area contributed by atoms with Crippen molar-refractivity contribution in [1.82, 2.24) is 0 Å². The zero-order valence-corrected chi connectivity index (χ0v) is 15.3. The van der Waals surface area contributed by atoms with Gasteiger partial charge in [0, 0.05) is 10.6 Å². The summed E-state index contributed by atoms with van der Waals surface area (Å²) in [5, 5.41) is 1.78. The van der Waals surface area contributed by atoms with Gasteiger partial charge in [0.2, 0.25) is 0 Å². The SMILES string of the molecule is O=[PH](c1ccc(-c2ccccc2)cc1)c1ccc(-c2ccccc2)cc1. The predicted molar refractivity (Wildman–Crippen MR) is 112 cm³/mol. The van der Waals surface area contributed by atoms with Crippen LogP contribution in [0.1, 0.15) is 0 Å². The second-order valence-corrected chi connectivity index (χ2v) is 8.03. The minimum absolute atomic E-state index is 0.891. The molecule has 0 heterocycles. The van der Waals surface area contributed by atoms with Gasteiger partial charge in [0.15, 0.2) is 0 Å². The Kier molecular flexibility index (Phi) is 4.82. The van der Waals surface area contributed by atoms with E-state index >= 15 is 0 Å². The van der Waals surface area contributed by atoms with Crippen molar-refractivity contribution < 1.29 is 4.57 Å². The summed E-state index contributed by atoms with van der Waals surface area (Å²) in [6.45, 7) is 0. The third-order valence-corrected chi connectivity index (χ3v) is 6.22. The Hall–Kier alpha value is -2.89. The minimum atomic E-state index is -1.99. The molecule has 126 valence electrons. The van der Waals surface area contributed by atoms with Crippen molar-refractivity contribution in [3.05, 3.63) is 109 Å².